The predicted octanol–water partition coefficient (Wildman–Crippen LogP) is 1.89. The lowest BCUT2D eigenvalue weighted by atomic mass is 10.0. The van der Waals surface area contributed by atoms with E-state index >= 15 is 0 Å². The van der Waals surface area contributed by atoms with E-state index in [-0.39, 0.29) is 12.3 Å². The van der Waals surface area contributed by atoms with Crippen molar-refractivity contribution in [3.05, 3.63) is 29.1 Å². The summed E-state index contributed by atoms with van der Waals surface area (Å²) in [4.78, 5) is 14.9. The van der Waals surface area contributed by atoms with Gasteiger partial charge in [0, 0.05) is 17.8 Å². The van der Waals surface area contributed by atoms with Crippen LogP contribution >= 0.6 is 0 Å². The van der Waals surface area contributed by atoms with Crippen molar-refractivity contribution in [2.24, 2.45) is 0 Å². The van der Waals surface area contributed by atoms with E-state index in [0.29, 0.717) is 0 Å². The molecule has 0 amide bonds. The number of aryl methyl sites for hydroxylation is 2. The van der Waals surface area contributed by atoms with Crippen molar-refractivity contribution in [2.45, 2.75) is 32.1 Å². The van der Waals surface area contributed by atoms with Gasteiger partial charge in [0.25, 0.3) is 0 Å². The summed E-state index contributed by atoms with van der Waals surface area (Å²) in [7, 11) is 0. The van der Waals surface area contributed by atoms with Crippen LogP contribution in [0.5, 0.6) is 0 Å². The van der Waals surface area contributed by atoms with Gasteiger partial charge in [-0.2, -0.15) is 0 Å². The Labute approximate surface area is 82.8 Å². The molecule has 3 heteroatoms. The Kier molecular flexibility index (Phi) is 2.23. The van der Waals surface area contributed by atoms with Gasteiger partial charge in [0.1, 0.15) is 0 Å². The minimum atomic E-state index is -0.731. The van der Waals surface area contributed by atoms with E-state index in [1.165, 1.54) is 5.56 Å². The van der Waals surface area contributed by atoms with E-state index in [1.54, 1.807) is 0 Å². The normalized spacial score (nSPS) is 19.4. The van der Waals surface area contributed by atoms with Crippen LogP contribution in [0.4, 0.5) is 0 Å². The van der Waals surface area contributed by atoms with Crippen LogP contribution in [0.1, 0.15) is 35.6 Å². The Morgan fingerprint density at radius 1 is 1.71 bits per heavy atom. The molecule has 74 valence electrons. The van der Waals surface area contributed by atoms with Crippen LogP contribution < -0.4 is 0 Å². The Balaban J connectivity index is 2.26. The molecule has 0 radical (unpaired) electrons. The van der Waals surface area contributed by atoms with E-state index in [2.05, 4.69) is 11.1 Å². The Morgan fingerprint density at radius 2 is 2.50 bits per heavy atom. The van der Waals surface area contributed by atoms with E-state index in [4.69, 9.17) is 5.11 Å². The molecular weight excluding hydrogens is 178 g/mol. The van der Waals surface area contributed by atoms with Crippen molar-refractivity contribution in [1.29, 1.82) is 0 Å². The summed E-state index contributed by atoms with van der Waals surface area (Å²) < 4.78 is 0. The first-order chi connectivity index (χ1) is 6.66. The van der Waals surface area contributed by atoms with Gasteiger partial charge in [-0.25, -0.2) is 0 Å². The van der Waals surface area contributed by atoms with Gasteiger partial charge < -0.3 is 5.11 Å². The summed E-state index contributed by atoms with van der Waals surface area (Å²) in [5, 5.41) is 8.73. The number of hydrogen-bond donors (Lipinski definition) is 1. The molecule has 0 fully saturated rings. The monoisotopic (exact) mass is 191 g/mol. The Bertz CT molecular complexity index is 374. The molecule has 1 aliphatic carbocycles. The zero-order valence-electron chi connectivity index (χ0n) is 8.16. The van der Waals surface area contributed by atoms with Crippen LogP contribution in [-0.2, 0) is 11.2 Å². The van der Waals surface area contributed by atoms with Crippen molar-refractivity contribution < 1.29 is 9.90 Å². The fourth-order valence-electron chi connectivity index (χ4n) is 2.08. The van der Waals surface area contributed by atoms with Crippen molar-refractivity contribution in [3.8, 4) is 0 Å². The summed E-state index contributed by atoms with van der Waals surface area (Å²) in [6, 6.07) is 2.12. The first-order valence-electron chi connectivity index (χ1n) is 4.84. The third-order valence-corrected chi connectivity index (χ3v) is 2.71. The van der Waals surface area contributed by atoms with E-state index in [1.807, 2.05) is 13.1 Å². The van der Waals surface area contributed by atoms with Gasteiger partial charge in [0.15, 0.2) is 0 Å². The lowest BCUT2D eigenvalue weighted by Crippen LogP contribution is -2.04. The van der Waals surface area contributed by atoms with Crippen molar-refractivity contribution in [2.75, 3.05) is 0 Å². The maximum Gasteiger partial charge on any atom is 0.304 e. The molecular formula is C11H13NO2. The van der Waals surface area contributed by atoms with Crippen LogP contribution in [0.25, 0.3) is 0 Å². The molecule has 1 aromatic heterocycles. The molecule has 0 bridgehead atoms. The number of carbonyl (C=O) groups is 1. The van der Waals surface area contributed by atoms with Crippen molar-refractivity contribution in [1.82, 2.24) is 4.98 Å². The quantitative estimate of drug-likeness (QED) is 0.776. The van der Waals surface area contributed by atoms with Crippen LogP contribution in [0.2, 0.25) is 0 Å². The second-order valence-electron chi connectivity index (χ2n) is 3.89. The number of aliphatic carboxylic acids is 1. The fraction of sp³-hybridized carbons (Fsp3) is 0.455. The van der Waals surface area contributed by atoms with E-state index < -0.39 is 5.97 Å². The van der Waals surface area contributed by atoms with Crippen molar-refractivity contribution >= 4 is 5.97 Å². The lowest BCUT2D eigenvalue weighted by molar-refractivity contribution is -0.137. The standard InChI is InChI=1S/C11H13NO2/c1-7-4-8-2-3-9(5-10(13)14)11(8)12-6-7/h4,6,9H,2-3,5H2,1H3,(H,13,14). The highest BCUT2D eigenvalue weighted by atomic mass is 16.4. The molecule has 1 heterocycles. The summed E-state index contributed by atoms with van der Waals surface area (Å²) >= 11 is 0. The van der Waals surface area contributed by atoms with Crippen molar-refractivity contribution in [3.63, 3.8) is 0 Å². The number of aromatic nitrogens is 1. The van der Waals surface area contributed by atoms with Crippen LogP contribution in [0.15, 0.2) is 12.3 Å². The summed E-state index contributed by atoms with van der Waals surface area (Å²) in [6.07, 6.45) is 3.93. The first kappa shape index (κ1) is 9.19. The topological polar surface area (TPSA) is 50.2 Å². The molecule has 0 saturated carbocycles. The van der Waals surface area contributed by atoms with Gasteiger partial charge in [-0.3, -0.25) is 9.78 Å². The third-order valence-electron chi connectivity index (χ3n) is 2.71. The molecule has 0 saturated heterocycles. The maximum absolute atomic E-state index is 10.6. The molecule has 3 nitrogen and oxygen atoms in total. The minimum absolute atomic E-state index is 0.128. The molecule has 2 rings (SSSR count). The van der Waals surface area contributed by atoms with Gasteiger partial charge in [0.05, 0.1) is 6.42 Å². The highest BCUT2D eigenvalue weighted by Crippen LogP contribution is 2.33. The number of rotatable bonds is 2. The zero-order chi connectivity index (χ0) is 10.1. The largest absolute Gasteiger partial charge is 0.481 e. The smallest absolute Gasteiger partial charge is 0.304 e. The van der Waals surface area contributed by atoms with Crippen LogP contribution in [0.3, 0.4) is 0 Å². The number of nitrogens with zero attached hydrogens (tertiary/aromatic N) is 1. The summed E-state index contributed by atoms with van der Waals surface area (Å²) in [5.41, 5.74) is 3.38. The molecule has 1 unspecified atom stereocenters. The van der Waals surface area contributed by atoms with Crippen LogP contribution in [-0.4, -0.2) is 16.1 Å². The number of hydrogen-bond acceptors (Lipinski definition) is 2. The number of carboxylic acid groups (broad SMARTS) is 1. The second kappa shape index (κ2) is 3.40. The van der Waals surface area contributed by atoms with Gasteiger partial charge in [-0.15, -0.1) is 0 Å². The van der Waals surface area contributed by atoms with Crippen LogP contribution in [0, 0.1) is 6.92 Å². The average Bonchev–Trinajstić information content (AvgIpc) is 2.47. The predicted molar refractivity (Wildman–Crippen MR) is 52.3 cm³/mol. The fourth-order valence-corrected chi connectivity index (χ4v) is 2.08. The van der Waals surface area contributed by atoms with Gasteiger partial charge in [-0.1, -0.05) is 6.07 Å². The molecule has 0 spiro atoms. The van der Waals surface area contributed by atoms with Gasteiger partial charge in [0.2, 0.25) is 0 Å². The molecule has 1 aliphatic rings. The SMILES string of the molecule is Cc1cnc2c(c1)CCC2CC(=O)O. The average molecular weight is 191 g/mol. The van der Waals surface area contributed by atoms with E-state index in [9.17, 15) is 4.79 Å². The molecule has 1 N–H and O–H groups in total. The Morgan fingerprint density at radius 3 is 3.21 bits per heavy atom. The maximum atomic E-state index is 10.6. The van der Waals surface area contributed by atoms with Gasteiger partial charge in [-0.05, 0) is 30.9 Å². The molecule has 0 aliphatic heterocycles. The number of pyridine rings is 1. The first-order valence-corrected chi connectivity index (χ1v) is 4.84. The number of carboxylic acids is 1. The third kappa shape index (κ3) is 1.62. The second-order valence-corrected chi connectivity index (χ2v) is 3.89. The zero-order valence-corrected chi connectivity index (χ0v) is 8.16. The molecule has 1 aromatic rings. The van der Waals surface area contributed by atoms with E-state index in [0.717, 1.165) is 24.1 Å². The lowest BCUT2D eigenvalue weighted by Gasteiger charge is -2.06. The molecule has 0 aromatic carbocycles. The van der Waals surface area contributed by atoms with Gasteiger partial charge >= 0.3 is 5.97 Å². The molecule has 14 heavy (non-hydrogen) atoms. The Hall–Kier alpha value is -1.38. The summed E-state index contributed by atoms with van der Waals surface area (Å²) in [5.74, 6) is -0.603. The minimum Gasteiger partial charge on any atom is -0.481 e. The number of fused-ring (bicyclic) bond motifs is 1. The highest BCUT2D eigenvalue weighted by Gasteiger charge is 2.25. The highest BCUT2D eigenvalue weighted by molar-refractivity contribution is 5.68. The molecule has 1 atom stereocenters. The summed E-state index contributed by atoms with van der Waals surface area (Å²) in [6.45, 7) is 2.01.